The van der Waals surface area contributed by atoms with E-state index in [2.05, 4.69) is 4.84 Å². The van der Waals surface area contributed by atoms with Gasteiger partial charge in [0.25, 0.3) is 5.09 Å². The zero-order valence-corrected chi connectivity index (χ0v) is 5.24. The van der Waals surface area contributed by atoms with Crippen molar-refractivity contribution in [1.29, 1.82) is 0 Å². The molecule has 0 aromatic carbocycles. The maximum atomic E-state index is 9.52. The van der Waals surface area contributed by atoms with Crippen molar-refractivity contribution in [2.24, 2.45) is 5.73 Å². The fourth-order valence-corrected chi connectivity index (χ4v) is 0.313. The first-order valence-electron chi connectivity index (χ1n) is 2.66. The molecule has 0 amide bonds. The first-order valence-corrected chi connectivity index (χ1v) is 2.66. The van der Waals surface area contributed by atoms with Crippen molar-refractivity contribution in [3.05, 3.63) is 10.1 Å². The Labute approximate surface area is 52.9 Å². The average molecular weight is 134 g/mol. The van der Waals surface area contributed by atoms with Gasteiger partial charge in [-0.25, -0.2) is 0 Å². The van der Waals surface area contributed by atoms with Crippen LogP contribution in [0, 0.1) is 10.1 Å². The second-order valence-corrected chi connectivity index (χ2v) is 1.82. The van der Waals surface area contributed by atoms with E-state index in [1.807, 2.05) is 0 Å². The Morgan fingerprint density at radius 1 is 1.89 bits per heavy atom. The molecule has 0 aromatic rings. The number of nitrogens with two attached hydrogens (primary N) is 1. The summed E-state index contributed by atoms with van der Waals surface area (Å²) in [5.74, 6) is 0. The normalized spacial score (nSPS) is 12.7. The van der Waals surface area contributed by atoms with Crippen molar-refractivity contribution >= 4 is 0 Å². The number of hydrogen-bond acceptors (Lipinski definition) is 4. The molecule has 0 bridgehead atoms. The Balaban J connectivity index is 3.01. The van der Waals surface area contributed by atoms with Crippen molar-refractivity contribution in [2.45, 2.75) is 19.4 Å². The SMILES string of the molecule is CC(N)CCO[N+](=O)[O-]. The Morgan fingerprint density at radius 2 is 2.44 bits per heavy atom. The van der Waals surface area contributed by atoms with Crippen molar-refractivity contribution in [3.63, 3.8) is 0 Å². The molecule has 2 N–H and O–H groups in total. The summed E-state index contributed by atoms with van der Waals surface area (Å²) in [7, 11) is 0. The summed E-state index contributed by atoms with van der Waals surface area (Å²) in [6.07, 6.45) is 0.515. The summed E-state index contributed by atoms with van der Waals surface area (Å²) in [6.45, 7) is 1.86. The van der Waals surface area contributed by atoms with Crippen LogP contribution in [0.25, 0.3) is 0 Å². The van der Waals surface area contributed by atoms with E-state index in [1.54, 1.807) is 6.92 Å². The van der Waals surface area contributed by atoms with Gasteiger partial charge >= 0.3 is 0 Å². The molecule has 0 aliphatic carbocycles. The largest absolute Gasteiger partial charge is 0.328 e. The Kier molecular flexibility index (Phi) is 3.70. The lowest BCUT2D eigenvalue weighted by Crippen LogP contribution is -2.18. The standard InChI is InChI=1S/C4H10N2O3/c1-4(5)2-3-9-6(7)8/h4H,2-3,5H2,1H3. The van der Waals surface area contributed by atoms with Crippen LogP contribution in [-0.4, -0.2) is 17.7 Å². The van der Waals surface area contributed by atoms with Gasteiger partial charge in [-0.1, -0.05) is 0 Å². The highest BCUT2D eigenvalue weighted by Gasteiger charge is 1.96. The minimum Gasteiger partial charge on any atom is -0.328 e. The highest BCUT2D eigenvalue weighted by atomic mass is 16.9. The van der Waals surface area contributed by atoms with Crippen LogP contribution in [0.2, 0.25) is 0 Å². The van der Waals surface area contributed by atoms with Crippen LogP contribution in [-0.2, 0) is 4.84 Å². The molecule has 54 valence electrons. The maximum Gasteiger partial charge on any atom is 0.294 e. The first kappa shape index (κ1) is 8.16. The molecule has 5 nitrogen and oxygen atoms in total. The van der Waals surface area contributed by atoms with Crippen molar-refractivity contribution in [1.82, 2.24) is 0 Å². The monoisotopic (exact) mass is 134 g/mol. The molecule has 1 unspecified atom stereocenters. The van der Waals surface area contributed by atoms with Crippen LogP contribution in [0.1, 0.15) is 13.3 Å². The van der Waals surface area contributed by atoms with Gasteiger partial charge in [0.1, 0.15) is 0 Å². The predicted octanol–water partition coefficient (Wildman–Crippen LogP) is -0.0680. The minimum absolute atomic E-state index is 0.0371. The molecule has 0 aliphatic heterocycles. The summed E-state index contributed by atoms with van der Waals surface area (Å²) < 4.78 is 0. The summed E-state index contributed by atoms with van der Waals surface area (Å²) in [4.78, 5) is 13.5. The van der Waals surface area contributed by atoms with E-state index in [4.69, 9.17) is 5.73 Å². The second kappa shape index (κ2) is 4.08. The third-order valence-corrected chi connectivity index (χ3v) is 0.770. The van der Waals surface area contributed by atoms with Crippen LogP contribution < -0.4 is 5.73 Å². The molecule has 0 saturated carbocycles. The van der Waals surface area contributed by atoms with Crippen molar-refractivity contribution in [3.8, 4) is 0 Å². The lowest BCUT2D eigenvalue weighted by molar-refractivity contribution is -0.757. The lowest BCUT2D eigenvalue weighted by Gasteiger charge is -2.00. The fraction of sp³-hybridized carbons (Fsp3) is 1.00. The molecule has 0 saturated heterocycles. The molecule has 1 atom stereocenters. The van der Waals surface area contributed by atoms with Crippen molar-refractivity contribution < 1.29 is 9.92 Å². The number of nitrogens with zero attached hydrogens (tertiary/aromatic N) is 1. The van der Waals surface area contributed by atoms with Gasteiger partial charge in [0.15, 0.2) is 0 Å². The van der Waals surface area contributed by atoms with Gasteiger partial charge in [0.05, 0.1) is 6.61 Å². The zero-order chi connectivity index (χ0) is 7.28. The molecule has 0 heterocycles. The Morgan fingerprint density at radius 3 is 2.78 bits per heavy atom. The molecule has 0 rings (SSSR count). The van der Waals surface area contributed by atoms with Gasteiger partial charge in [-0.2, -0.15) is 0 Å². The van der Waals surface area contributed by atoms with Gasteiger partial charge < -0.3 is 10.6 Å². The molecule has 0 fully saturated rings. The molecular weight excluding hydrogens is 124 g/mol. The topological polar surface area (TPSA) is 78.4 Å². The summed E-state index contributed by atoms with van der Waals surface area (Å²) in [5.41, 5.74) is 5.28. The van der Waals surface area contributed by atoms with Crippen LogP contribution in [0.5, 0.6) is 0 Å². The molecule has 5 heteroatoms. The molecule has 0 aliphatic rings. The molecular formula is C4H10N2O3. The van der Waals surface area contributed by atoms with Gasteiger partial charge in [0.2, 0.25) is 0 Å². The number of rotatable bonds is 4. The molecule has 0 radical (unpaired) electrons. The van der Waals surface area contributed by atoms with E-state index in [0.717, 1.165) is 0 Å². The van der Waals surface area contributed by atoms with Gasteiger partial charge in [-0.15, -0.1) is 10.1 Å². The zero-order valence-electron chi connectivity index (χ0n) is 5.24. The third kappa shape index (κ3) is 7.16. The van der Waals surface area contributed by atoms with E-state index in [9.17, 15) is 10.1 Å². The van der Waals surface area contributed by atoms with Crippen LogP contribution in [0.3, 0.4) is 0 Å². The summed E-state index contributed by atoms with van der Waals surface area (Å²) >= 11 is 0. The highest BCUT2D eigenvalue weighted by Crippen LogP contribution is 1.86. The summed E-state index contributed by atoms with van der Waals surface area (Å²) in [5, 5.41) is 8.71. The van der Waals surface area contributed by atoms with Crippen molar-refractivity contribution in [2.75, 3.05) is 6.61 Å². The molecule has 0 aromatic heterocycles. The van der Waals surface area contributed by atoms with Gasteiger partial charge in [0, 0.05) is 6.04 Å². The first-order chi connectivity index (χ1) is 4.13. The van der Waals surface area contributed by atoms with E-state index >= 15 is 0 Å². The van der Waals surface area contributed by atoms with E-state index in [0.29, 0.717) is 6.42 Å². The smallest absolute Gasteiger partial charge is 0.294 e. The predicted molar refractivity (Wildman–Crippen MR) is 31.2 cm³/mol. The average Bonchev–Trinajstić information content (AvgIpc) is 1.63. The van der Waals surface area contributed by atoms with Gasteiger partial charge in [-0.05, 0) is 13.3 Å². The lowest BCUT2D eigenvalue weighted by atomic mass is 10.3. The second-order valence-electron chi connectivity index (χ2n) is 1.82. The fourth-order valence-electron chi connectivity index (χ4n) is 0.313. The minimum atomic E-state index is -0.817. The van der Waals surface area contributed by atoms with Crippen LogP contribution >= 0.6 is 0 Å². The number of hydrogen-bond donors (Lipinski definition) is 1. The molecule has 9 heavy (non-hydrogen) atoms. The van der Waals surface area contributed by atoms with Crippen LogP contribution in [0.15, 0.2) is 0 Å². The Hall–Kier alpha value is -0.840. The van der Waals surface area contributed by atoms with Gasteiger partial charge in [-0.3, -0.25) is 0 Å². The van der Waals surface area contributed by atoms with E-state index in [1.165, 1.54) is 0 Å². The highest BCUT2D eigenvalue weighted by molar-refractivity contribution is 4.48. The third-order valence-electron chi connectivity index (χ3n) is 0.770. The maximum absolute atomic E-state index is 9.52. The quantitative estimate of drug-likeness (QED) is 0.431. The summed E-state index contributed by atoms with van der Waals surface area (Å²) in [6, 6.07) is -0.0371. The van der Waals surface area contributed by atoms with E-state index in [-0.39, 0.29) is 12.6 Å². The molecule has 0 spiro atoms. The Bertz CT molecular complexity index is 93.8. The van der Waals surface area contributed by atoms with E-state index < -0.39 is 5.09 Å². The van der Waals surface area contributed by atoms with Crippen LogP contribution in [0.4, 0.5) is 0 Å².